The number of aromatic nitrogens is 8. The van der Waals surface area contributed by atoms with Gasteiger partial charge in [0.05, 0.1) is 105 Å². The molecule has 18 nitrogen and oxygen atoms in total. The van der Waals surface area contributed by atoms with Gasteiger partial charge in [-0.1, -0.05) is 383 Å². The molecule has 18 aromatic rings. The molecule has 0 atom stereocenters. The second kappa shape index (κ2) is 50.9. The largest absolute Gasteiger partial charge is 0.496 e. The number of pyridine rings is 4. The van der Waals surface area contributed by atoms with E-state index >= 15 is 0 Å². The maximum absolute atomic E-state index is 12.7. The van der Waals surface area contributed by atoms with Gasteiger partial charge < -0.3 is 28.3 Å². The Morgan fingerprint density at radius 3 is 0.864 bits per heavy atom. The van der Waals surface area contributed by atoms with Crippen LogP contribution in [0.4, 0.5) is 11.4 Å². The van der Waals surface area contributed by atoms with Gasteiger partial charge >= 0.3 is 7.12 Å². The summed E-state index contributed by atoms with van der Waals surface area (Å²) in [5, 5.41) is 30.4. The van der Waals surface area contributed by atoms with Crippen molar-refractivity contribution in [1.82, 2.24) is 40.3 Å². The fraction of sp³-hybridized carbons (Fsp3) is 0.130. The number of hydrogen-bond acceptors (Lipinski definition) is 14. The average Bonchev–Trinajstić information content (AvgIpc) is 1.62. The normalized spacial score (nSPS) is 12.7. The first-order valence-corrected chi connectivity index (χ1v) is 50.7. The fourth-order valence-corrected chi connectivity index (χ4v) is 25.2. The van der Waals surface area contributed by atoms with Gasteiger partial charge in [-0.05, 0) is 172 Å². The van der Waals surface area contributed by atoms with Crippen molar-refractivity contribution in [1.29, 1.82) is 0 Å². The Morgan fingerprint density at radius 2 is 0.607 bits per heavy atom. The van der Waals surface area contributed by atoms with Crippen LogP contribution in [0.25, 0.3) is 11.3 Å². The molecule has 1 saturated heterocycles. The number of aryl methyl sites for hydroxylation is 2. The van der Waals surface area contributed by atoms with E-state index < -0.39 is 38.8 Å². The van der Waals surface area contributed by atoms with E-state index in [1.54, 1.807) is 81.5 Å². The molecule has 0 unspecified atom stereocenters. The van der Waals surface area contributed by atoms with Crippen molar-refractivity contribution in [2.45, 2.75) is 73.3 Å². The van der Waals surface area contributed by atoms with E-state index in [2.05, 4.69) is 399 Å². The number of benzene rings is 12. The van der Waals surface area contributed by atoms with Crippen molar-refractivity contribution >= 4 is 143 Å². The molecular formula is C115H110BClN10O8P4Pd. The van der Waals surface area contributed by atoms with Gasteiger partial charge in [-0.2, -0.15) is 10.2 Å². The molecule has 0 aliphatic carbocycles. The molecule has 21 rings (SSSR count). The Kier molecular flexibility index (Phi) is 37.7. The Balaban J connectivity index is 0.000000138. The summed E-state index contributed by atoms with van der Waals surface area (Å²) in [4.78, 5) is 45.6. The van der Waals surface area contributed by atoms with E-state index in [1.807, 2.05) is 59.7 Å². The van der Waals surface area contributed by atoms with Crippen LogP contribution in [0.1, 0.15) is 78.4 Å². The van der Waals surface area contributed by atoms with Crippen molar-refractivity contribution in [3.05, 3.63) is 464 Å². The number of nitrogens with zero attached hydrogens (tertiary/aromatic N) is 8. The molecule has 0 bridgehead atoms. The third-order valence-electron chi connectivity index (χ3n) is 23.2. The molecule has 2 amide bonds. The molecule has 9 heterocycles. The summed E-state index contributed by atoms with van der Waals surface area (Å²) in [5.74, 6) is 1.83. The first-order valence-electron chi connectivity index (χ1n) is 45.0. The predicted molar refractivity (Wildman–Crippen MR) is 578 cm³/mol. The minimum Gasteiger partial charge on any atom is -0.491 e. The summed E-state index contributed by atoms with van der Waals surface area (Å²) in [6, 6.07) is 137. The zero-order valence-electron chi connectivity index (χ0n) is 78.7. The Morgan fingerprint density at radius 1 is 0.350 bits per heavy atom. The van der Waals surface area contributed by atoms with Crippen molar-refractivity contribution in [2.75, 3.05) is 38.2 Å². The topological polar surface area (TPSA) is 205 Å². The Hall–Kier alpha value is -13.5. The second-order valence-corrected chi connectivity index (χ2v) is 42.1. The van der Waals surface area contributed by atoms with Crippen molar-refractivity contribution < 1.29 is 58.3 Å². The smallest absolute Gasteiger partial charge is 0.491 e. The summed E-state index contributed by atoms with van der Waals surface area (Å²) in [7, 11) is 4.00. The minimum atomic E-state index is -0.447. The molecular weight excluding hydrogens is 1930 g/mol. The summed E-state index contributed by atoms with van der Waals surface area (Å²) in [6.07, 6.45) is 9.97. The fourth-order valence-electron chi connectivity index (χ4n) is 15.7. The van der Waals surface area contributed by atoms with Crippen LogP contribution in [0.5, 0.6) is 23.3 Å². The number of carbonyl (C=O) groups excluding carboxylic acids is 2. The predicted octanol–water partition coefficient (Wildman–Crippen LogP) is 20.1. The first-order chi connectivity index (χ1) is 67.4. The zero-order chi connectivity index (χ0) is 96.2. The Labute approximate surface area is 845 Å². The van der Waals surface area contributed by atoms with Crippen LogP contribution in [0.2, 0.25) is 5.15 Å². The molecule has 12 aromatic carbocycles. The van der Waals surface area contributed by atoms with E-state index in [9.17, 15) is 9.59 Å². The van der Waals surface area contributed by atoms with E-state index in [0.717, 1.165) is 50.6 Å². The van der Waals surface area contributed by atoms with Gasteiger partial charge in [0, 0.05) is 56.2 Å². The number of nitrogens with one attached hydrogen (secondary N) is 2. The second-order valence-electron chi connectivity index (χ2n) is 32.8. The number of rotatable bonds is 20. The molecule has 3 aliphatic rings. The summed E-state index contributed by atoms with van der Waals surface area (Å²) < 4.78 is 32.8. The first kappa shape index (κ1) is 104. The van der Waals surface area contributed by atoms with E-state index in [4.69, 9.17) is 44.8 Å². The molecule has 0 saturated carbocycles. The van der Waals surface area contributed by atoms with Gasteiger partial charge in [-0.25, -0.2) is 15.0 Å². The molecule has 3 aliphatic heterocycles. The minimum absolute atomic E-state index is 0. The monoisotopic (exact) mass is 2030 g/mol. The average molecular weight is 2040 g/mol. The van der Waals surface area contributed by atoms with Gasteiger partial charge in [-0.3, -0.25) is 34.6 Å². The van der Waals surface area contributed by atoms with Gasteiger partial charge in [-0.15, -0.1) is 0 Å². The van der Waals surface area contributed by atoms with E-state index in [1.165, 1.54) is 63.7 Å². The summed E-state index contributed by atoms with van der Waals surface area (Å²) >= 11 is 5.89. The quantitative estimate of drug-likeness (QED) is 0.0414. The van der Waals surface area contributed by atoms with Gasteiger partial charge in [0.25, 0.3) is 23.6 Å². The van der Waals surface area contributed by atoms with E-state index in [0.29, 0.717) is 52.6 Å². The van der Waals surface area contributed by atoms with Gasteiger partial charge in [0.1, 0.15) is 5.15 Å². The number of halogens is 1. The molecule has 2 N–H and O–H groups in total. The van der Waals surface area contributed by atoms with Crippen LogP contribution in [0.3, 0.4) is 0 Å². The number of ether oxygens (including phenoxy) is 4. The zero-order valence-corrected chi connectivity index (χ0v) is 84.6. The van der Waals surface area contributed by atoms with Gasteiger partial charge in [0.2, 0.25) is 0 Å². The number of carbonyl (C=O) groups is 2. The number of H-pyrrole nitrogens is 2. The number of hydrogen-bond donors (Lipinski definition) is 2. The summed E-state index contributed by atoms with van der Waals surface area (Å²) in [6.45, 7) is 12.7. The number of fused-ring (bicyclic) bond motifs is 2. The third kappa shape index (κ3) is 26.1. The van der Waals surface area contributed by atoms with Crippen LogP contribution in [0, 0.1) is 13.8 Å². The third-order valence-corrected chi connectivity index (χ3v) is 33.1. The summed E-state index contributed by atoms with van der Waals surface area (Å²) in [5.41, 5.74) is 7.55. The SMILES string of the molecule is C.COc1cc(-c2cc(C)c3c(n2)CN(c2cn[nH]c2)C3=O)cnc1OC.COc1cc(B2OC(C)(C)C(C)(C)O2)cnc1OC.Cc1cc(Cl)nc2c1C(=O)N(c1cn[nH]c1)C2.[Pd].c1ccc(P(c2ccccc2)c2ccccc2)cc1.c1ccc(P(c2ccccc2)c2ccccc2)cc1.c1ccc(P(c2ccccc2)c2ccccc2)cc1.c1ccc(P(c2ccccc2)c2ccccc2)cc1. The maximum atomic E-state index is 12.7. The number of aromatic amines is 2. The maximum Gasteiger partial charge on any atom is 0.496 e. The number of anilines is 2. The van der Waals surface area contributed by atoms with Gasteiger partial charge in [0.15, 0.2) is 11.5 Å². The standard InChI is InChI=1S/C18H17N5O3.4C18H15P.C13H20BNO4.C11H9ClN4O.CH4.Pd/c1-10-4-13(11-5-15(25-2)17(26-3)19-6-11)22-14-9-23(18(24)16(10)14)12-7-20-21-8-12;4*1-4-10-16(11-5-1)19(17-12-6-2-7-13-17)18-14-8-3-9-15-18;1-12(2)13(3,4)19-14(18-12)9-7-10(16-5)11(17-6)15-8-9;1-6-2-9(12)15-8-5-16(11(17)10(6)8)7-3-13-14-4-7;;/h4-8H,9H2,1-3H3,(H,20,21);4*1-15H;7-8H,1-6H3;2-4H,5H2,1H3,(H,13,14);1H4;. The van der Waals surface area contributed by atoms with Crippen LogP contribution in [-0.2, 0) is 42.8 Å². The molecule has 708 valence electrons. The van der Waals surface area contributed by atoms with E-state index in [-0.39, 0.29) is 50.9 Å². The van der Waals surface area contributed by atoms with Crippen LogP contribution in [-0.4, -0.2) is 98.9 Å². The molecule has 140 heavy (non-hydrogen) atoms. The molecule has 1 fully saturated rings. The van der Waals surface area contributed by atoms with Crippen molar-refractivity contribution in [2.24, 2.45) is 0 Å². The van der Waals surface area contributed by atoms with Crippen LogP contribution < -0.4 is 97.9 Å². The van der Waals surface area contributed by atoms with Crippen molar-refractivity contribution in [3.63, 3.8) is 0 Å². The molecule has 0 spiro atoms. The van der Waals surface area contributed by atoms with Crippen LogP contribution >= 0.6 is 43.3 Å². The number of amides is 2. The number of methoxy groups -OCH3 is 4. The molecule has 25 heteroatoms. The molecule has 0 radical (unpaired) electrons. The Bertz CT molecular complexity index is 6020. The van der Waals surface area contributed by atoms with Crippen molar-refractivity contribution in [3.8, 4) is 34.5 Å². The van der Waals surface area contributed by atoms with Crippen LogP contribution in [0.15, 0.2) is 425 Å². The molecule has 6 aromatic heterocycles.